The highest BCUT2D eigenvalue weighted by Gasteiger charge is 2.13. The predicted molar refractivity (Wildman–Crippen MR) is 70.8 cm³/mol. The normalized spacial score (nSPS) is 10.5. The van der Waals surface area contributed by atoms with Gasteiger partial charge in [0.05, 0.1) is 5.69 Å². The lowest BCUT2D eigenvalue weighted by atomic mass is 10.2. The van der Waals surface area contributed by atoms with Crippen LogP contribution in [0.5, 0.6) is 0 Å². The second-order valence-electron chi connectivity index (χ2n) is 4.42. The van der Waals surface area contributed by atoms with Gasteiger partial charge in [0.25, 0.3) is 5.91 Å². The molecule has 0 saturated carbocycles. The molecule has 0 unspecified atom stereocenters. The summed E-state index contributed by atoms with van der Waals surface area (Å²) < 4.78 is 5.13. The van der Waals surface area contributed by atoms with E-state index in [4.69, 9.17) is 10.3 Å². The SMILES string of the molecule is Cc1noc(C)c1CN(C)c1ccnc(C(N)=O)c1. The van der Waals surface area contributed by atoms with E-state index in [0.29, 0.717) is 6.54 Å². The maximum absolute atomic E-state index is 11.1. The van der Waals surface area contributed by atoms with Gasteiger partial charge >= 0.3 is 0 Å². The number of hydrogen-bond acceptors (Lipinski definition) is 5. The van der Waals surface area contributed by atoms with Crippen LogP contribution in [0, 0.1) is 13.8 Å². The first-order chi connectivity index (χ1) is 8.99. The van der Waals surface area contributed by atoms with Gasteiger partial charge in [0.1, 0.15) is 11.5 Å². The number of anilines is 1. The second-order valence-corrected chi connectivity index (χ2v) is 4.42. The topological polar surface area (TPSA) is 85.2 Å². The van der Waals surface area contributed by atoms with Crippen LogP contribution in [0.25, 0.3) is 0 Å². The molecule has 2 heterocycles. The van der Waals surface area contributed by atoms with Gasteiger partial charge in [-0.05, 0) is 26.0 Å². The number of aryl methyl sites for hydroxylation is 2. The van der Waals surface area contributed by atoms with Gasteiger partial charge in [-0.1, -0.05) is 5.16 Å². The fourth-order valence-electron chi connectivity index (χ4n) is 1.85. The minimum atomic E-state index is -0.535. The van der Waals surface area contributed by atoms with Crippen LogP contribution in [-0.4, -0.2) is 23.1 Å². The molecule has 0 bridgehead atoms. The largest absolute Gasteiger partial charge is 0.370 e. The summed E-state index contributed by atoms with van der Waals surface area (Å²) in [4.78, 5) is 17.0. The molecule has 0 fully saturated rings. The molecule has 2 N–H and O–H groups in total. The predicted octanol–water partition coefficient (Wildman–Crippen LogP) is 1.42. The minimum Gasteiger partial charge on any atom is -0.370 e. The molecular formula is C13H16N4O2. The Morgan fingerprint density at radius 2 is 2.21 bits per heavy atom. The van der Waals surface area contributed by atoms with Gasteiger partial charge in [0.15, 0.2) is 0 Å². The van der Waals surface area contributed by atoms with Crippen molar-refractivity contribution in [2.45, 2.75) is 20.4 Å². The fourth-order valence-corrected chi connectivity index (χ4v) is 1.85. The average molecular weight is 260 g/mol. The Kier molecular flexibility index (Phi) is 3.50. The van der Waals surface area contributed by atoms with Crippen LogP contribution >= 0.6 is 0 Å². The van der Waals surface area contributed by atoms with Crippen molar-refractivity contribution in [3.63, 3.8) is 0 Å². The quantitative estimate of drug-likeness (QED) is 0.898. The standard InChI is InChI=1S/C13H16N4O2/c1-8-11(9(2)19-16-8)7-17(3)10-4-5-15-12(6-10)13(14)18/h4-6H,7H2,1-3H3,(H2,14,18). The summed E-state index contributed by atoms with van der Waals surface area (Å²) in [5, 5.41) is 3.92. The number of carbonyl (C=O) groups is 1. The smallest absolute Gasteiger partial charge is 0.267 e. The Hall–Kier alpha value is -2.37. The lowest BCUT2D eigenvalue weighted by Crippen LogP contribution is -2.19. The summed E-state index contributed by atoms with van der Waals surface area (Å²) in [5.74, 6) is 0.265. The van der Waals surface area contributed by atoms with Crippen LogP contribution in [0.1, 0.15) is 27.5 Å². The Balaban J connectivity index is 2.23. The third-order valence-corrected chi connectivity index (χ3v) is 3.01. The third-order valence-electron chi connectivity index (χ3n) is 3.01. The Morgan fingerprint density at radius 3 is 2.79 bits per heavy atom. The molecule has 6 nitrogen and oxygen atoms in total. The van der Waals surface area contributed by atoms with Crippen LogP contribution in [0.4, 0.5) is 5.69 Å². The van der Waals surface area contributed by atoms with Gasteiger partial charge in [0.2, 0.25) is 0 Å². The summed E-state index contributed by atoms with van der Waals surface area (Å²) in [6, 6.07) is 3.49. The molecule has 2 aromatic heterocycles. The monoisotopic (exact) mass is 260 g/mol. The Morgan fingerprint density at radius 1 is 1.47 bits per heavy atom. The Bertz CT molecular complexity index is 587. The summed E-state index contributed by atoms with van der Waals surface area (Å²) in [6.07, 6.45) is 1.57. The van der Waals surface area contributed by atoms with Crippen LogP contribution < -0.4 is 10.6 Å². The van der Waals surface area contributed by atoms with Gasteiger partial charge in [-0.2, -0.15) is 0 Å². The molecule has 0 spiro atoms. The van der Waals surface area contributed by atoms with E-state index in [9.17, 15) is 4.79 Å². The van der Waals surface area contributed by atoms with E-state index in [1.807, 2.05) is 31.9 Å². The second kappa shape index (κ2) is 5.09. The molecule has 0 aromatic carbocycles. The van der Waals surface area contributed by atoms with Crippen molar-refractivity contribution in [1.82, 2.24) is 10.1 Å². The first kappa shape index (κ1) is 13.1. The van der Waals surface area contributed by atoms with Crippen molar-refractivity contribution >= 4 is 11.6 Å². The maximum atomic E-state index is 11.1. The number of nitrogens with two attached hydrogens (primary N) is 1. The molecule has 0 radical (unpaired) electrons. The van der Waals surface area contributed by atoms with Crippen molar-refractivity contribution in [3.05, 3.63) is 41.0 Å². The number of aromatic nitrogens is 2. The van der Waals surface area contributed by atoms with E-state index in [1.54, 1.807) is 12.3 Å². The summed E-state index contributed by atoms with van der Waals surface area (Å²) in [7, 11) is 1.92. The zero-order valence-corrected chi connectivity index (χ0v) is 11.2. The van der Waals surface area contributed by atoms with E-state index >= 15 is 0 Å². The number of rotatable bonds is 4. The third kappa shape index (κ3) is 2.73. The fraction of sp³-hybridized carbons (Fsp3) is 0.308. The number of primary amides is 1. The highest BCUT2D eigenvalue weighted by molar-refractivity contribution is 5.91. The van der Waals surface area contributed by atoms with Gasteiger partial charge in [-0.15, -0.1) is 0 Å². The lowest BCUT2D eigenvalue weighted by Gasteiger charge is -2.19. The van der Waals surface area contributed by atoms with E-state index < -0.39 is 5.91 Å². The van der Waals surface area contributed by atoms with Crippen LogP contribution in [0.2, 0.25) is 0 Å². The van der Waals surface area contributed by atoms with E-state index in [-0.39, 0.29) is 5.69 Å². The number of hydrogen-bond donors (Lipinski definition) is 1. The zero-order chi connectivity index (χ0) is 14.0. The zero-order valence-electron chi connectivity index (χ0n) is 11.2. The van der Waals surface area contributed by atoms with Crippen molar-refractivity contribution in [2.24, 2.45) is 5.73 Å². The highest BCUT2D eigenvalue weighted by atomic mass is 16.5. The van der Waals surface area contributed by atoms with E-state index in [2.05, 4.69) is 10.1 Å². The molecule has 1 amide bonds. The van der Waals surface area contributed by atoms with E-state index in [0.717, 1.165) is 22.7 Å². The van der Waals surface area contributed by atoms with Crippen molar-refractivity contribution in [2.75, 3.05) is 11.9 Å². The first-order valence-electron chi connectivity index (χ1n) is 5.87. The van der Waals surface area contributed by atoms with Crippen molar-refractivity contribution in [3.8, 4) is 0 Å². The van der Waals surface area contributed by atoms with Gasteiger partial charge in [-0.25, -0.2) is 0 Å². The average Bonchev–Trinajstić information content (AvgIpc) is 2.70. The van der Waals surface area contributed by atoms with Crippen molar-refractivity contribution in [1.29, 1.82) is 0 Å². The van der Waals surface area contributed by atoms with Gasteiger partial charge in [0, 0.05) is 31.0 Å². The van der Waals surface area contributed by atoms with Crippen LogP contribution in [0.15, 0.2) is 22.9 Å². The van der Waals surface area contributed by atoms with Crippen molar-refractivity contribution < 1.29 is 9.32 Å². The Labute approximate surface area is 111 Å². The molecule has 2 rings (SSSR count). The summed E-state index contributed by atoms with van der Waals surface area (Å²) >= 11 is 0. The molecule has 19 heavy (non-hydrogen) atoms. The molecule has 2 aromatic rings. The van der Waals surface area contributed by atoms with E-state index in [1.165, 1.54) is 0 Å². The van der Waals surface area contributed by atoms with Gasteiger partial charge < -0.3 is 15.2 Å². The lowest BCUT2D eigenvalue weighted by molar-refractivity contribution is 0.0995. The molecule has 0 atom stereocenters. The molecule has 0 aliphatic carbocycles. The molecule has 0 aliphatic heterocycles. The van der Waals surface area contributed by atoms with Crippen LogP contribution in [-0.2, 0) is 6.54 Å². The number of pyridine rings is 1. The molecule has 100 valence electrons. The number of carbonyl (C=O) groups excluding carboxylic acids is 1. The summed E-state index contributed by atoms with van der Waals surface area (Å²) in [6.45, 7) is 4.43. The van der Waals surface area contributed by atoms with Gasteiger partial charge in [-0.3, -0.25) is 9.78 Å². The molecule has 0 saturated heterocycles. The number of nitrogens with zero attached hydrogens (tertiary/aromatic N) is 3. The molecular weight excluding hydrogens is 244 g/mol. The number of amides is 1. The van der Waals surface area contributed by atoms with Crippen LogP contribution in [0.3, 0.4) is 0 Å². The molecule has 6 heteroatoms. The first-order valence-corrected chi connectivity index (χ1v) is 5.87. The minimum absolute atomic E-state index is 0.253. The highest BCUT2D eigenvalue weighted by Crippen LogP contribution is 2.19. The molecule has 0 aliphatic rings. The maximum Gasteiger partial charge on any atom is 0.267 e. The summed E-state index contributed by atoms with van der Waals surface area (Å²) in [5.41, 5.74) is 8.25.